The third-order valence-electron chi connectivity index (χ3n) is 5.79. The number of piperazine rings is 1. The highest BCUT2D eigenvalue weighted by molar-refractivity contribution is 6.06. The van der Waals surface area contributed by atoms with Crippen LogP contribution in [0.25, 0.3) is 11.0 Å². The van der Waals surface area contributed by atoms with Crippen LogP contribution in [0.2, 0.25) is 0 Å². The summed E-state index contributed by atoms with van der Waals surface area (Å²) in [4.78, 5) is 33.9. The molecule has 2 aromatic heterocycles. The van der Waals surface area contributed by atoms with Gasteiger partial charge in [0.05, 0.1) is 28.8 Å². The summed E-state index contributed by atoms with van der Waals surface area (Å²) in [7, 11) is 0. The van der Waals surface area contributed by atoms with Crippen molar-refractivity contribution in [2.75, 3.05) is 32.8 Å². The van der Waals surface area contributed by atoms with E-state index < -0.39 is 0 Å². The number of aromatic nitrogens is 3. The molecule has 8 nitrogen and oxygen atoms in total. The fraction of sp³-hybridized carbons (Fsp3) is 0.636. The minimum absolute atomic E-state index is 0.00984. The number of carbonyl (C=O) groups is 2. The van der Waals surface area contributed by atoms with E-state index in [9.17, 15) is 9.59 Å². The summed E-state index contributed by atoms with van der Waals surface area (Å²) < 4.78 is 7.03. The minimum atomic E-state index is -0.311. The van der Waals surface area contributed by atoms with E-state index >= 15 is 0 Å². The van der Waals surface area contributed by atoms with E-state index in [4.69, 9.17) is 14.8 Å². The number of aryl methyl sites for hydroxylation is 1. The van der Waals surface area contributed by atoms with E-state index in [1.807, 2.05) is 22.6 Å². The Morgan fingerprint density at radius 1 is 1.13 bits per heavy atom. The molecule has 3 heterocycles. The van der Waals surface area contributed by atoms with E-state index in [-0.39, 0.29) is 17.5 Å². The Kier molecular flexibility index (Phi) is 5.20. The van der Waals surface area contributed by atoms with Crippen molar-refractivity contribution in [1.29, 1.82) is 0 Å². The summed E-state index contributed by atoms with van der Waals surface area (Å²) >= 11 is 0. The van der Waals surface area contributed by atoms with Crippen molar-refractivity contribution in [2.45, 2.75) is 58.9 Å². The predicted octanol–water partition coefficient (Wildman–Crippen LogP) is 3.29. The van der Waals surface area contributed by atoms with Gasteiger partial charge < -0.3 is 14.5 Å². The standard InChI is InChI=1S/C22H31N5O3/c1-6-30-21(29)26-11-9-25(10-12-26)20(28)16-13-17(15-7-8-15)23-19-18(16)14(2)24-27(19)22(3,4)5/h13,15H,6-12H2,1-5H3. The van der Waals surface area contributed by atoms with Gasteiger partial charge in [-0.25, -0.2) is 14.5 Å². The van der Waals surface area contributed by atoms with Crippen LogP contribution in [0.3, 0.4) is 0 Å². The second-order valence-electron chi connectivity index (χ2n) is 9.21. The van der Waals surface area contributed by atoms with Crippen LogP contribution >= 0.6 is 0 Å². The zero-order valence-electron chi connectivity index (χ0n) is 18.6. The van der Waals surface area contributed by atoms with Gasteiger partial charge in [-0.3, -0.25) is 4.79 Å². The summed E-state index contributed by atoms with van der Waals surface area (Å²) in [5.74, 6) is 0.426. The molecule has 2 fully saturated rings. The highest BCUT2D eigenvalue weighted by Gasteiger charge is 2.32. The van der Waals surface area contributed by atoms with Crippen LogP contribution in [0, 0.1) is 6.92 Å². The van der Waals surface area contributed by atoms with Gasteiger partial charge in [0.2, 0.25) is 0 Å². The first-order chi connectivity index (χ1) is 14.2. The lowest BCUT2D eigenvalue weighted by atomic mass is 10.1. The van der Waals surface area contributed by atoms with Crippen LogP contribution < -0.4 is 0 Å². The number of hydrogen-bond acceptors (Lipinski definition) is 5. The molecule has 0 unspecified atom stereocenters. The monoisotopic (exact) mass is 413 g/mol. The third kappa shape index (κ3) is 3.75. The topological polar surface area (TPSA) is 80.6 Å². The molecule has 162 valence electrons. The lowest BCUT2D eigenvalue weighted by Gasteiger charge is -2.34. The first-order valence-electron chi connectivity index (χ1n) is 10.8. The fourth-order valence-corrected chi connectivity index (χ4v) is 4.01. The van der Waals surface area contributed by atoms with Crippen LogP contribution in [0.4, 0.5) is 4.79 Å². The maximum absolute atomic E-state index is 13.5. The second-order valence-corrected chi connectivity index (χ2v) is 9.21. The van der Waals surface area contributed by atoms with Gasteiger partial charge >= 0.3 is 6.09 Å². The molecule has 2 amide bonds. The first kappa shape index (κ1) is 20.6. The summed E-state index contributed by atoms with van der Waals surface area (Å²) in [5.41, 5.74) is 3.05. The van der Waals surface area contributed by atoms with Gasteiger partial charge in [-0.15, -0.1) is 0 Å². The smallest absolute Gasteiger partial charge is 0.409 e. The molecule has 1 aliphatic carbocycles. The molecular formula is C22H31N5O3. The van der Waals surface area contributed by atoms with E-state index in [1.54, 1.807) is 11.8 Å². The molecule has 2 aliphatic rings. The molecule has 0 spiro atoms. The molecular weight excluding hydrogens is 382 g/mol. The zero-order chi connectivity index (χ0) is 21.6. The van der Waals surface area contributed by atoms with Crippen LogP contribution in [0.15, 0.2) is 6.07 Å². The number of fused-ring (bicyclic) bond motifs is 1. The van der Waals surface area contributed by atoms with Gasteiger partial charge in [0.1, 0.15) is 0 Å². The van der Waals surface area contributed by atoms with Gasteiger partial charge in [0, 0.05) is 37.8 Å². The molecule has 8 heteroatoms. The number of pyridine rings is 1. The molecule has 0 aromatic carbocycles. The number of rotatable bonds is 3. The van der Waals surface area contributed by atoms with Crippen molar-refractivity contribution < 1.29 is 14.3 Å². The number of carbonyl (C=O) groups excluding carboxylic acids is 2. The fourth-order valence-electron chi connectivity index (χ4n) is 4.01. The van der Waals surface area contributed by atoms with Gasteiger partial charge in [-0.1, -0.05) is 0 Å². The Labute approximate surface area is 177 Å². The van der Waals surface area contributed by atoms with Gasteiger partial charge in [-0.05, 0) is 53.5 Å². The summed E-state index contributed by atoms with van der Waals surface area (Å²) in [5, 5.41) is 5.58. The average Bonchev–Trinajstić information content (AvgIpc) is 3.50. The molecule has 1 saturated heterocycles. The SMILES string of the molecule is CCOC(=O)N1CCN(C(=O)c2cc(C3CC3)nc3c2c(C)nn3C(C)(C)C)CC1. The lowest BCUT2D eigenvalue weighted by Crippen LogP contribution is -2.50. The Morgan fingerprint density at radius 2 is 1.77 bits per heavy atom. The first-order valence-corrected chi connectivity index (χ1v) is 10.8. The van der Waals surface area contributed by atoms with Gasteiger partial charge in [-0.2, -0.15) is 5.10 Å². The van der Waals surface area contributed by atoms with Gasteiger partial charge in [0.25, 0.3) is 5.91 Å². The van der Waals surface area contributed by atoms with Crippen molar-refractivity contribution in [3.05, 3.63) is 23.0 Å². The molecule has 1 saturated carbocycles. The van der Waals surface area contributed by atoms with Crippen LogP contribution in [-0.4, -0.2) is 69.4 Å². The maximum atomic E-state index is 13.5. The normalized spacial score (nSPS) is 17.5. The molecule has 30 heavy (non-hydrogen) atoms. The van der Waals surface area contributed by atoms with E-state index in [2.05, 4.69) is 20.8 Å². The zero-order valence-corrected chi connectivity index (χ0v) is 18.6. The van der Waals surface area contributed by atoms with E-state index in [0.29, 0.717) is 44.3 Å². The molecule has 4 rings (SSSR count). The van der Waals surface area contributed by atoms with Crippen molar-refractivity contribution in [3.63, 3.8) is 0 Å². The maximum Gasteiger partial charge on any atom is 0.409 e. The van der Waals surface area contributed by atoms with E-state index in [0.717, 1.165) is 35.3 Å². The molecule has 0 radical (unpaired) electrons. The molecule has 0 atom stereocenters. The number of amides is 2. The highest BCUT2D eigenvalue weighted by atomic mass is 16.6. The van der Waals surface area contributed by atoms with Crippen LogP contribution in [0.5, 0.6) is 0 Å². The number of hydrogen-bond donors (Lipinski definition) is 0. The summed E-state index contributed by atoms with van der Waals surface area (Å²) in [6.45, 7) is 12.3. The van der Waals surface area contributed by atoms with Crippen LogP contribution in [-0.2, 0) is 10.3 Å². The highest BCUT2D eigenvalue weighted by Crippen LogP contribution is 2.41. The number of nitrogens with zero attached hydrogens (tertiary/aromatic N) is 5. The Bertz CT molecular complexity index is 979. The van der Waals surface area contributed by atoms with Crippen LogP contribution in [0.1, 0.15) is 68.2 Å². The lowest BCUT2D eigenvalue weighted by molar-refractivity contribution is 0.0572. The number of ether oxygens (including phenoxy) is 1. The molecule has 0 N–H and O–H groups in total. The molecule has 2 aromatic rings. The summed E-state index contributed by atoms with van der Waals surface area (Å²) in [6, 6.07) is 1.97. The average molecular weight is 414 g/mol. The van der Waals surface area contributed by atoms with E-state index in [1.165, 1.54) is 0 Å². The van der Waals surface area contributed by atoms with Crippen molar-refractivity contribution in [3.8, 4) is 0 Å². The van der Waals surface area contributed by atoms with Gasteiger partial charge in [0.15, 0.2) is 5.65 Å². The Morgan fingerprint density at radius 3 is 2.33 bits per heavy atom. The second kappa shape index (κ2) is 7.56. The molecule has 0 bridgehead atoms. The minimum Gasteiger partial charge on any atom is -0.450 e. The Hall–Kier alpha value is -2.64. The summed E-state index contributed by atoms with van der Waals surface area (Å²) in [6.07, 6.45) is 1.93. The third-order valence-corrected chi connectivity index (χ3v) is 5.79. The van der Waals surface area contributed by atoms with Crippen molar-refractivity contribution in [1.82, 2.24) is 24.6 Å². The van der Waals surface area contributed by atoms with Crippen molar-refractivity contribution >= 4 is 23.0 Å². The predicted molar refractivity (Wildman–Crippen MR) is 114 cm³/mol. The Balaban J connectivity index is 1.67. The van der Waals surface area contributed by atoms with Crippen molar-refractivity contribution in [2.24, 2.45) is 0 Å². The largest absolute Gasteiger partial charge is 0.450 e. The quantitative estimate of drug-likeness (QED) is 0.771. The molecule has 1 aliphatic heterocycles.